The van der Waals surface area contributed by atoms with Gasteiger partial charge in [0.2, 0.25) is 0 Å². The summed E-state index contributed by atoms with van der Waals surface area (Å²) in [6.45, 7) is 8.66. The van der Waals surface area contributed by atoms with E-state index in [4.69, 9.17) is 0 Å². The molecule has 1 aliphatic rings. The second-order valence-electron chi connectivity index (χ2n) is 6.88. The van der Waals surface area contributed by atoms with Crippen LogP contribution in [0.2, 0.25) is 0 Å². The van der Waals surface area contributed by atoms with E-state index < -0.39 is 0 Å². The predicted molar refractivity (Wildman–Crippen MR) is 79.3 cm³/mol. The van der Waals surface area contributed by atoms with E-state index in [1.165, 1.54) is 30.8 Å². The van der Waals surface area contributed by atoms with Gasteiger partial charge in [-0.25, -0.2) is 0 Å². The van der Waals surface area contributed by atoms with Crippen molar-refractivity contribution in [3.8, 4) is 0 Å². The minimum Gasteiger partial charge on any atom is -0.387 e. The molecule has 3 atom stereocenters. The van der Waals surface area contributed by atoms with Gasteiger partial charge in [-0.15, -0.1) is 5.10 Å². The second-order valence-corrected chi connectivity index (χ2v) is 7.67. The van der Waals surface area contributed by atoms with Crippen molar-refractivity contribution in [3.05, 3.63) is 10.6 Å². The molecule has 2 rings (SSSR count). The van der Waals surface area contributed by atoms with Crippen LogP contribution < -0.4 is 0 Å². The fourth-order valence-electron chi connectivity index (χ4n) is 3.12. The largest absolute Gasteiger partial charge is 0.387 e. The van der Waals surface area contributed by atoms with Crippen molar-refractivity contribution in [1.29, 1.82) is 0 Å². The molecule has 1 aromatic heterocycles. The fraction of sp³-hybridized carbons (Fsp3) is 0.867. The van der Waals surface area contributed by atoms with Crippen LogP contribution in [0, 0.1) is 11.8 Å². The van der Waals surface area contributed by atoms with Gasteiger partial charge in [0.05, 0.1) is 16.7 Å². The van der Waals surface area contributed by atoms with Crippen molar-refractivity contribution < 1.29 is 5.11 Å². The number of aromatic nitrogens is 2. The van der Waals surface area contributed by atoms with E-state index in [9.17, 15) is 5.11 Å². The van der Waals surface area contributed by atoms with Gasteiger partial charge in [-0.2, -0.15) is 0 Å². The Labute approximate surface area is 120 Å². The van der Waals surface area contributed by atoms with Crippen LogP contribution in [-0.2, 0) is 5.41 Å². The summed E-state index contributed by atoms with van der Waals surface area (Å²) in [6.07, 6.45) is 5.72. The standard InChI is InChI=1S/C15H26N2OS/c1-5-10-7-6-8-11(9-10)12(18)13-14(15(2,3)4)16-17-19-13/h10-12,18H,5-9H2,1-4H3. The lowest BCUT2D eigenvalue weighted by atomic mass is 9.76. The first-order valence-electron chi connectivity index (χ1n) is 7.44. The molecule has 1 heterocycles. The first kappa shape index (κ1) is 14.9. The van der Waals surface area contributed by atoms with E-state index in [-0.39, 0.29) is 11.5 Å². The highest BCUT2D eigenvalue weighted by atomic mass is 32.1. The molecular formula is C15H26N2OS. The van der Waals surface area contributed by atoms with Gasteiger partial charge in [0.15, 0.2) is 0 Å². The maximum atomic E-state index is 10.7. The maximum absolute atomic E-state index is 10.7. The molecule has 0 spiro atoms. The SMILES string of the molecule is CCC1CCCC(C(O)c2snnc2C(C)(C)C)C1. The fourth-order valence-corrected chi connectivity index (χ4v) is 4.06. The molecular weight excluding hydrogens is 256 g/mol. The summed E-state index contributed by atoms with van der Waals surface area (Å²) in [6, 6.07) is 0. The highest BCUT2D eigenvalue weighted by Crippen LogP contribution is 2.41. The Hall–Kier alpha value is -0.480. The van der Waals surface area contributed by atoms with E-state index in [2.05, 4.69) is 37.3 Å². The van der Waals surface area contributed by atoms with Gasteiger partial charge in [-0.3, -0.25) is 0 Å². The molecule has 1 aliphatic carbocycles. The molecule has 0 aromatic carbocycles. The number of nitrogens with zero attached hydrogens (tertiary/aromatic N) is 2. The topological polar surface area (TPSA) is 46.0 Å². The molecule has 0 amide bonds. The Bertz CT molecular complexity index is 411. The van der Waals surface area contributed by atoms with Crippen LogP contribution in [0.3, 0.4) is 0 Å². The lowest BCUT2D eigenvalue weighted by molar-refractivity contribution is 0.0690. The van der Waals surface area contributed by atoms with E-state index in [0.717, 1.165) is 29.3 Å². The van der Waals surface area contributed by atoms with Crippen molar-refractivity contribution >= 4 is 11.5 Å². The Morgan fingerprint density at radius 3 is 2.74 bits per heavy atom. The average molecular weight is 282 g/mol. The summed E-state index contributed by atoms with van der Waals surface area (Å²) in [7, 11) is 0. The molecule has 0 radical (unpaired) electrons. The van der Waals surface area contributed by atoms with E-state index in [0.29, 0.717) is 5.92 Å². The minimum atomic E-state index is -0.372. The number of aliphatic hydroxyl groups is 1. The van der Waals surface area contributed by atoms with Crippen LogP contribution in [0.25, 0.3) is 0 Å². The summed E-state index contributed by atoms with van der Waals surface area (Å²) in [5, 5.41) is 15.0. The third-order valence-electron chi connectivity index (χ3n) is 4.34. The summed E-state index contributed by atoms with van der Waals surface area (Å²) in [5.74, 6) is 1.18. The van der Waals surface area contributed by atoms with Crippen LogP contribution >= 0.6 is 11.5 Å². The Balaban J connectivity index is 2.15. The monoisotopic (exact) mass is 282 g/mol. The van der Waals surface area contributed by atoms with Gasteiger partial charge in [-0.05, 0) is 36.2 Å². The molecule has 1 N–H and O–H groups in total. The molecule has 108 valence electrons. The van der Waals surface area contributed by atoms with Crippen molar-refractivity contribution in [3.63, 3.8) is 0 Å². The van der Waals surface area contributed by atoms with E-state index in [1.807, 2.05) is 0 Å². The Morgan fingerprint density at radius 1 is 1.37 bits per heavy atom. The molecule has 4 heteroatoms. The molecule has 0 saturated heterocycles. The van der Waals surface area contributed by atoms with Gasteiger partial charge in [0.25, 0.3) is 0 Å². The Kier molecular flexibility index (Phi) is 4.62. The quantitative estimate of drug-likeness (QED) is 0.908. The van der Waals surface area contributed by atoms with Crippen LogP contribution in [0.1, 0.15) is 76.5 Å². The normalized spacial score (nSPS) is 26.4. The molecule has 0 aliphatic heterocycles. The van der Waals surface area contributed by atoms with Crippen molar-refractivity contribution in [2.45, 2.75) is 71.3 Å². The molecule has 19 heavy (non-hydrogen) atoms. The molecule has 0 bridgehead atoms. The maximum Gasteiger partial charge on any atom is 0.0945 e. The highest BCUT2D eigenvalue weighted by molar-refractivity contribution is 7.05. The van der Waals surface area contributed by atoms with Gasteiger partial charge in [0, 0.05) is 5.41 Å². The molecule has 1 saturated carbocycles. The molecule has 3 unspecified atom stereocenters. The van der Waals surface area contributed by atoms with Gasteiger partial charge < -0.3 is 5.11 Å². The predicted octanol–water partition coefficient (Wildman–Crippen LogP) is 4.09. The zero-order valence-corrected chi connectivity index (χ0v) is 13.3. The minimum absolute atomic E-state index is 0.0395. The van der Waals surface area contributed by atoms with E-state index in [1.54, 1.807) is 0 Å². The number of rotatable bonds is 3. The second kappa shape index (κ2) is 5.88. The van der Waals surface area contributed by atoms with Crippen LogP contribution in [0.4, 0.5) is 0 Å². The smallest absolute Gasteiger partial charge is 0.0945 e. The van der Waals surface area contributed by atoms with Gasteiger partial charge in [-0.1, -0.05) is 51.4 Å². The number of hydrogen-bond donors (Lipinski definition) is 1. The lowest BCUT2D eigenvalue weighted by Crippen LogP contribution is -2.23. The Morgan fingerprint density at radius 2 is 2.11 bits per heavy atom. The average Bonchev–Trinajstić information content (AvgIpc) is 2.87. The molecule has 1 aromatic rings. The lowest BCUT2D eigenvalue weighted by Gasteiger charge is -2.32. The third kappa shape index (κ3) is 3.34. The van der Waals surface area contributed by atoms with E-state index >= 15 is 0 Å². The van der Waals surface area contributed by atoms with Crippen LogP contribution in [-0.4, -0.2) is 14.7 Å². The summed E-state index contributed by atoms with van der Waals surface area (Å²) >= 11 is 1.38. The van der Waals surface area contributed by atoms with Crippen molar-refractivity contribution in [1.82, 2.24) is 9.59 Å². The van der Waals surface area contributed by atoms with Gasteiger partial charge >= 0.3 is 0 Å². The number of aliphatic hydroxyl groups excluding tert-OH is 1. The zero-order chi connectivity index (χ0) is 14.0. The highest BCUT2D eigenvalue weighted by Gasteiger charge is 2.33. The summed E-state index contributed by atoms with van der Waals surface area (Å²) in [5.41, 5.74) is 0.936. The van der Waals surface area contributed by atoms with Crippen LogP contribution in [0.5, 0.6) is 0 Å². The number of hydrogen-bond acceptors (Lipinski definition) is 4. The molecule has 1 fully saturated rings. The zero-order valence-electron chi connectivity index (χ0n) is 12.5. The third-order valence-corrected chi connectivity index (χ3v) is 5.13. The molecule has 3 nitrogen and oxygen atoms in total. The van der Waals surface area contributed by atoms with Gasteiger partial charge in [0.1, 0.15) is 0 Å². The summed E-state index contributed by atoms with van der Waals surface area (Å²) in [4.78, 5) is 0.995. The van der Waals surface area contributed by atoms with Crippen molar-refractivity contribution in [2.24, 2.45) is 11.8 Å². The summed E-state index contributed by atoms with van der Waals surface area (Å²) < 4.78 is 4.08. The first-order valence-corrected chi connectivity index (χ1v) is 8.21. The van der Waals surface area contributed by atoms with Crippen LogP contribution in [0.15, 0.2) is 0 Å². The van der Waals surface area contributed by atoms with Crippen molar-refractivity contribution in [2.75, 3.05) is 0 Å². The first-order chi connectivity index (χ1) is 8.93.